The van der Waals surface area contributed by atoms with Crippen LogP contribution in [0.3, 0.4) is 0 Å². The highest BCUT2D eigenvalue weighted by atomic mass is 16.6. The van der Waals surface area contributed by atoms with Crippen LogP contribution in [0.1, 0.15) is 34.6 Å². The Labute approximate surface area is 149 Å². The molecular weight excluding hydrogens is 338 g/mol. The van der Waals surface area contributed by atoms with E-state index in [1.165, 1.54) is 11.6 Å². The van der Waals surface area contributed by atoms with E-state index in [9.17, 15) is 19.7 Å². The minimum Gasteiger partial charge on any atom is -0.349 e. The molecule has 1 aliphatic carbocycles. The molecule has 1 aliphatic rings. The summed E-state index contributed by atoms with van der Waals surface area (Å²) in [6, 6.07) is 6.94. The van der Waals surface area contributed by atoms with Crippen LogP contribution in [0.15, 0.2) is 24.3 Å². The molecule has 0 aliphatic heterocycles. The van der Waals surface area contributed by atoms with Crippen molar-refractivity contribution in [3.63, 3.8) is 0 Å². The predicted octanol–water partition coefficient (Wildman–Crippen LogP) is 1.94. The number of anilines is 1. The highest BCUT2D eigenvalue weighted by Gasteiger charge is 2.26. The van der Waals surface area contributed by atoms with E-state index in [4.69, 9.17) is 0 Å². The third-order valence-electron chi connectivity index (χ3n) is 4.18. The number of carbonyl (C=O) groups is 2. The largest absolute Gasteiger partial charge is 0.349 e. The second-order valence-electron chi connectivity index (χ2n) is 6.28. The number of nitro groups is 1. The Morgan fingerprint density at radius 3 is 2.62 bits per heavy atom. The summed E-state index contributed by atoms with van der Waals surface area (Å²) < 4.78 is 1.29. The molecule has 2 N–H and O–H groups in total. The quantitative estimate of drug-likeness (QED) is 0.605. The van der Waals surface area contributed by atoms with Crippen molar-refractivity contribution >= 4 is 23.2 Å². The van der Waals surface area contributed by atoms with Crippen molar-refractivity contribution in [1.29, 1.82) is 0 Å². The monoisotopic (exact) mass is 357 g/mol. The van der Waals surface area contributed by atoms with Gasteiger partial charge in [0.2, 0.25) is 5.91 Å². The second-order valence-corrected chi connectivity index (χ2v) is 6.28. The standard InChI is InChI=1S/C17H19N5O4/c1-10-16(22(25)26)11(2)21(20-10)9-15(23)19-14-6-4-3-5-13(14)17(24)18-12-7-8-12/h3-6,12H,7-9H2,1-2H3,(H,18,24)(H,19,23). The van der Waals surface area contributed by atoms with Crippen molar-refractivity contribution in [2.75, 3.05) is 5.32 Å². The third-order valence-corrected chi connectivity index (χ3v) is 4.18. The van der Waals surface area contributed by atoms with Crippen LogP contribution >= 0.6 is 0 Å². The zero-order valence-electron chi connectivity index (χ0n) is 14.5. The summed E-state index contributed by atoms with van der Waals surface area (Å²) in [5.41, 5.74) is 1.24. The highest BCUT2D eigenvalue weighted by molar-refractivity contribution is 6.03. The number of nitrogens with one attached hydrogen (secondary N) is 2. The van der Waals surface area contributed by atoms with Gasteiger partial charge in [0.25, 0.3) is 5.91 Å². The van der Waals surface area contributed by atoms with Crippen LogP contribution in [0.5, 0.6) is 0 Å². The lowest BCUT2D eigenvalue weighted by molar-refractivity contribution is -0.386. The molecule has 2 aromatic rings. The lowest BCUT2D eigenvalue weighted by Gasteiger charge is -2.11. The van der Waals surface area contributed by atoms with Crippen molar-refractivity contribution < 1.29 is 14.5 Å². The molecule has 0 atom stereocenters. The average Bonchev–Trinajstić information content (AvgIpc) is 3.33. The van der Waals surface area contributed by atoms with Gasteiger partial charge in [0, 0.05) is 6.04 Å². The molecule has 1 fully saturated rings. The van der Waals surface area contributed by atoms with Crippen molar-refractivity contribution in [2.45, 2.75) is 39.3 Å². The van der Waals surface area contributed by atoms with Crippen molar-refractivity contribution in [2.24, 2.45) is 0 Å². The zero-order chi connectivity index (χ0) is 18.8. The van der Waals surface area contributed by atoms with Crippen LogP contribution in [0.25, 0.3) is 0 Å². The van der Waals surface area contributed by atoms with E-state index in [-0.39, 0.29) is 29.9 Å². The maximum absolute atomic E-state index is 12.4. The number of rotatable bonds is 6. The van der Waals surface area contributed by atoms with E-state index >= 15 is 0 Å². The van der Waals surface area contributed by atoms with Gasteiger partial charge in [0.05, 0.1) is 16.2 Å². The van der Waals surface area contributed by atoms with E-state index in [0.717, 1.165) is 12.8 Å². The smallest absolute Gasteiger partial charge is 0.312 e. The Kier molecular flexibility index (Phi) is 4.70. The molecule has 0 saturated heterocycles. The van der Waals surface area contributed by atoms with Gasteiger partial charge in [-0.1, -0.05) is 12.1 Å². The maximum atomic E-state index is 12.4. The summed E-state index contributed by atoms with van der Waals surface area (Å²) >= 11 is 0. The van der Waals surface area contributed by atoms with E-state index in [2.05, 4.69) is 15.7 Å². The molecule has 2 amide bonds. The minimum absolute atomic E-state index is 0.0954. The first kappa shape index (κ1) is 17.6. The molecule has 26 heavy (non-hydrogen) atoms. The topological polar surface area (TPSA) is 119 Å². The van der Waals surface area contributed by atoms with Crippen LogP contribution in [-0.2, 0) is 11.3 Å². The Morgan fingerprint density at radius 1 is 1.31 bits per heavy atom. The fraction of sp³-hybridized carbons (Fsp3) is 0.353. The molecule has 0 spiro atoms. The second kappa shape index (κ2) is 6.95. The Hall–Kier alpha value is -3.23. The number of benzene rings is 1. The molecule has 0 unspecified atom stereocenters. The molecular formula is C17H19N5O4. The fourth-order valence-corrected chi connectivity index (χ4v) is 2.71. The summed E-state index contributed by atoms with van der Waals surface area (Å²) in [6.45, 7) is 2.89. The SMILES string of the molecule is Cc1nn(CC(=O)Nc2ccccc2C(=O)NC2CC2)c(C)c1[N+](=O)[O-]. The zero-order valence-corrected chi connectivity index (χ0v) is 14.5. The van der Waals surface area contributed by atoms with Crippen LogP contribution in [0, 0.1) is 24.0 Å². The van der Waals surface area contributed by atoms with Crippen molar-refractivity contribution in [3.8, 4) is 0 Å². The maximum Gasteiger partial charge on any atom is 0.312 e. The fourth-order valence-electron chi connectivity index (χ4n) is 2.71. The predicted molar refractivity (Wildman–Crippen MR) is 93.9 cm³/mol. The Balaban J connectivity index is 1.74. The van der Waals surface area contributed by atoms with Gasteiger partial charge in [-0.15, -0.1) is 0 Å². The van der Waals surface area contributed by atoms with Crippen molar-refractivity contribution in [1.82, 2.24) is 15.1 Å². The van der Waals surface area contributed by atoms with Crippen LogP contribution < -0.4 is 10.6 Å². The molecule has 9 nitrogen and oxygen atoms in total. The Bertz CT molecular complexity index is 885. The van der Waals surface area contributed by atoms with Crippen LogP contribution in [0.4, 0.5) is 11.4 Å². The molecule has 1 saturated carbocycles. The molecule has 1 aromatic carbocycles. The van der Waals surface area contributed by atoms with E-state index in [0.29, 0.717) is 16.9 Å². The van der Waals surface area contributed by atoms with Gasteiger partial charge in [0.1, 0.15) is 17.9 Å². The number of nitrogens with zero attached hydrogens (tertiary/aromatic N) is 3. The number of amides is 2. The summed E-state index contributed by atoms with van der Waals surface area (Å²) in [5.74, 6) is -0.651. The lowest BCUT2D eigenvalue weighted by Crippen LogP contribution is -2.27. The van der Waals surface area contributed by atoms with Gasteiger partial charge in [-0.05, 0) is 38.8 Å². The van der Waals surface area contributed by atoms with E-state index in [1.807, 2.05) is 0 Å². The first-order chi connectivity index (χ1) is 12.4. The van der Waals surface area contributed by atoms with Gasteiger partial charge < -0.3 is 10.6 Å². The first-order valence-corrected chi connectivity index (χ1v) is 8.25. The molecule has 9 heteroatoms. The van der Waals surface area contributed by atoms with E-state index in [1.54, 1.807) is 31.2 Å². The summed E-state index contributed by atoms with van der Waals surface area (Å²) in [4.78, 5) is 35.2. The highest BCUT2D eigenvalue weighted by Crippen LogP contribution is 2.23. The van der Waals surface area contributed by atoms with E-state index < -0.39 is 10.8 Å². The molecule has 1 aromatic heterocycles. The van der Waals surface area contributed by atoms with Gasteiger partial charge >= 0.3 is 5.69 Å². The number of hydrogen-bond donors (Lipinski definition) is 2. The number of aryl methyl sites for hydroxylation is 1. The van der Waals surface area contributed by atoms with Crippen LogP contribution in [0.2, 0.25) is 0 Å². The Morgan fingerprint density at radius 2 is 2.00 bits per heavy atom. The lowest BCUT2D eigenvalue weighted by atomic mass is 10.1. The van der Waals surface area contributed by atoms with Gasteiger partial charge in [0.15, 0.2) is 0 Å². The normalized spacial score (nSPS) is 13.3. The van der Waals surface area contributed by atoms with Gasteiger partial charge in [-0.25, -0.2) is 0 Å². The van der Waals surface area contributed by atoms with Crippen molar-refractivity contribution in [3.05, 3.63) is 51.3 Å². The number of carbonyl (C=O) groups excluding carboxylic acids is 2. The summed E-state index contributed by atoms with van der Waals surface area (Å²) in [7, 11) is 0. The number of para-hydroxylation sites is 1. The molecule has 3 rings (SSSR count). The van der Waals surface area contributed by atoms with Crippen LogP contribution in [-0.4, -0.2) is 32.6 Å². The number of hydrogen-bond acceptors (Lipinski definition) is 5. The molecule has 0 bridgehead atoms. The average molecular weight is 357 g/mol. The van der Waals surface area contributed by atoms with Gasteiger partial charge in [-0.2, -0.15) is 5.10 Å². The number of aromatic nitrogens is 2. The molecule has 1 heterocycles. The summed E-state index contributed by atoms with van der Waals surface area (Å²) in [5, 5.41) is 20.7. The molecule has 136 valence electrons. The molecule has 0 radical (unpaired) electrons. The summed E-state index contributed by atoms with van der Waals surface area (Å²) in [6.07, 6.45) is 1.94. The first-order valence-electron chi connectivity index (χ1n) is 8.25. The minimum atomic E-state index is -0.510. The van der Waals surface area contributed by atoms with Gasteiger partial charge in [-0.3, -0.25) is 24.4 Å². The third kappa shape index (κ3) is 3.71.